The predicted molar refractivity (Wildman–Crippen MR) is 51.6 cm³/mol. The van der Waals surface area contributed by atoms with Gasteiger partial charge in [0.2, 0.25) is 0 Å². The summed E-state index contributed by atoms with van der Waals surface area (Å²) in [7, 11) is 0. The smallest absolute Gasteiger partial charge is 0.0207 e. The Balaban J connectivity index is 2.96. The van der Waals surface area contributed by atoms with Crippen LogP contribution in [0.2, 0.25) is 0 Å². The minimum absolute atomic E-state index is 0.720. The second-order valence-electron chi connectivity index (χ2n) is 2.56. The van der Waals surface area contributed by atoms with Crippen LogP contribution in [0.3, 0.4) is 0 Å². The summed E-state index contributed by atoms with van der Waals surface area (Å²) in [6.45, 7) is 2.83. The summed E-state index contributed by atoms with van der Waals surface area (Å²) in [5, 5.41) is 0. The van der Waals surface area contributed by atoms with Crippen molar-refractivity contribution in [1.82, 2.24) is 0 Å². The van der Waals surface area contributed by atoms with Crippen molar-refractivity contribution in [3.05, 3.63) is 33.8 Å². The maximum absolute atomic E-state index is 5.46. The second kappa shape index (κ2) is 3.88. The van der Waals surface area contributed by atoms with Crippen LogP contribution >= 0.6 is 15.9 Å². The van der Waals surface area contributed by atoms with Crippen LogP contribution in [-0.4, -0.2) is 6.54 Å². The fourth-order valence-electron chi connectivity index (χ4n) is 1.08. The van der Waals surface area contributed by atoms with Crippen LogP contribution in [0, 0.1) is 6.92 Å². The van der Waals surface area contributed by atoms with E-state index in [0.29, 0.717) is 0 Å². The molecule has 0 aromatic heterocycles. The molecule has 0 heterocycles. The zero-order valence-electron chi connectivity index (χ0n) is 6.60. The van der Waals surface area contributed by atoms with Gasteiger partial charge in [0.15, 0.2) is 0 Å². The van der Waals surface area contributed by atoms with E-state index >= 15 is 0 Å². The monoisotopic (exact) mass is 213 g/mol. The number of hydrogen-bond acceptors (Lipinski definition) is 1. The molecule has 0 aliphatic rings. The van der Waals surface area contributed by atoms with Gasteiger partial charge in [-0.15, -0.1) is 0 Å². The van der Waals surface area contributed by atoms with Gasteiger partial charge in [-0.2, -0.15) is 0 Å². The Morgan fingerprint density at radius 3 is 2.82 bits per heavy atom. The van der Waals surface area contributed by atoms with Crippen molar-refractivity contribution in [1.29, 1.82) is 0 Å². The van der Waals surface area contributed by atoms with Crippen LogP contribution in [0.4, 0.5) is 0 Å². The number of hydrogen-bond donors (Lipinski definition) is 1. The molecule has 0 aliphatic heterocycles. The Morgan fingerprint density at radius 1 is 1.45 bits per heavy atom. The van der Waals surface area contributed by atoms with Gasteiger partial charge in [0.25, 0.3) is 0 Å². The molecule has 1 nitrogen and oxygen atoms in total. The molecule has 11 heavy (non-hydrogen) atoms. The van der Waals surface area contributed by atoms with E-state index in [9.17, 15) is 0 Å². The van der Waals surface area contributed by atoms with Crippen molar-refractivity contribution in [2.75, 3.05) is 6.54 Å². The molecule has 0 atom stereocenters. The molecule has 0 saturated heterocycles. The maximum Gasteiger partial charge on any atom is 0.0207 e. The summed E-state index contributed by atoms with van der Waals surface area (Å²) in [5.74, 6) is 0. The Labute approximate surface area is 75.7 Å². The fourth-order valence-corrected chi connectivity index (χ4v) is 1.49. The summed E-state index contributed by atoms with van der Waals surface area (Å²) in [5.41, 5.74) is 8.10. The van der Waals surface area contributed by atoms with Gasteiger partial charge in [0.05, 0.1) is 0 Å². The molecule has 0 aliphatic carbocycles. The van der Waals surface area contributed by atoms with E-state index in [4.69, 9.17) is 5.73 Å². The van der Waals surface area contributed by atoms with Gasteiger partial charge >= 0.3 is 0 Å². The molecule has 2 heteroatoms. The average molecular weight is 214 g/mol. The van der Waals surface area contributed by atoms with Gasteiger partial charge in [0.1, 0.15) is 0 Å². The fraction of sp³-hybridized carbons (Fsp3) is 0.333. The van der Waals surface area contributed by atoms with E-state index in [1.54, 1.807) is 0 Å². The van der Waals surface area contributed by atoms with Crippen LogP contribution in [0.1, 0.15) is 11.1 Å². The highest BCUT2D eigenvalue weighted by molar-refractivity contribution is 9.10. The summed E-state index contributed by atoms with van der Waals surface area (Å²) in [4.78, 5) is 0. The SMILES string of the molecule is Cc1c(Br)cccc1CCN. The molecule has 1 rings (SSSR count). The lowest BCUT2D eigenvalue weighted by molar-refractivity contribution is 0.956. The number of benzene rings is 1. The molecule has 0 radical (unpaired) electrons. The van der Waals surface area contributed by atoms with Gasteiger partial charge in [0, 0.05) is 4.47 Å². The van der Waals surface area contributed by atoms with Gasteiger partial charge < -0.3 is 5.73 Å². The van der Waals surface area contributed by atoms with Crippen LogP contribution in [-0.2, 0) is 6.42 Å². The van der Waals surface area contributed by atoms with Crippen LogP contribution in [0.5, 0.6) is 0 Å². The standard InChI is InChI=1S/C9H12BrN/c1-7-8(5-6-11)3-2-4-9(7)10/h2-4H,5-6,11H2,1H3. The first-order valence-corrected chi connectivity index (χ1v) is 4.49. The molecular formula is C9H12BrN. The van der Waals surface area contributed by atoms with E-state index < -0.39 is 0 Å². The van der Waals surface area contributed by atoms with E-state index in [-0.39, 0.29) is 0 Å². The van der Waals surface area contributed by atoms with Crippen molar-refractivity contribution < 1.29 is 0 Å². The third kappa shape index (κ3) is 2.04. The van der Waals surface area contributed by atoms with Crippen LogP contribution in [0.15, 0.2) is 22.7 Å². The molecule has 0 bridgehead atoms. The molecule has 60 valence electrons. The Kier molecular flexibility index (Phi) is 3.09. The van der Waals surface area contributed by atoms with Gasteiger partial charge in [-0.25, -0.2) is 0 Å². The van der Waals surface area contributed by atoms with Crippen molar-refractivity contribution >= 4 is 15.9 Å². The molecule has 2 N–H and O–H groups in total. The molecule has 0 amide bonds. The summed E-state index contributed by atoms with van der Waals surface area (Å²) >= 11 is 3.48. The molecular weight excluding hydrogens is 202 g/mol. The highest BCUT2D eigenvalue weighted by Crippen LogP contribution is 2.19. The van der Waals surface area contributed by atoms with Gasteiger partial charge in [-0.3, -0.25) is 0 Å². The largest absolute Gasteiger partial charge is 0.330 e. The summed E-state index contributed by atoms with van der Waals surface area (Å²) in [6.07, 6.45) is 0.964. The highest BCUT2D eigenvalue weighted by Gasteiger charge is 1.98. The first kappa shape index (κ1) is 8.75. The lowest BCUT2D eigenvalue weighted by atomic mass is 10.1. The lowest BCUT2D eigenvalue weighted by Gasteiger charge is -2.04. The molecule has 0 spiro atoms. The summed E-state index contributed by atoms with van der Waals surface area (Å²) in [6, 6.07) is 6.21. The van der Waals surface area contributed by atoms with Crippen molar-refractivity contribution in [2.45, 2.75) is 13.3 Å². The number of rotatable bonds is 2. The number of halogens is 1. The van der Waals surface area contributed by atoms with Gasteiger partial charge in [-0.05, 0) is 37.1 Å². The van der Waals surface area contributed by atoms with Crippen LogP contribution < -0.4 is 5.73 Å². The predicted octanol–water partition coefficient (Wildman–Crippen LogP) is 2.26. The zero-order chi connectivity index (χ0) is 8.27. The molecule has 0 unspecified atom stereocenters. The zero-order valence-corrected chi connectivity index (χ0v) is 8.19. The average Bonchev–Trinajstić information content (AvgIpc) is 1.99. The second-order valence-corrected chi connectivity index (χ2v) is 3.42. The lowest BCUT2D eigenvalue weighted by Crippen LogP contribution is -2.04. The first-order chi connectivity index (χ1) is 5.25. The Bertz CT molecular complexity index is 245. The van der Waals surface area contributed by atoms with E-state index in [0.717, 1.165) is 13.0 Å². The molecule has 1 aromatic rings. The third-order valence-electron chi connectivity index (χ3n) is 1.79. The minimum Gasteiger partial charge on any atom is -0.330 e. The van der Waals surface area contributed by atoms with E-state index in [2.05, 4.69) is 35.0 Å². The normalized spacial score (nSPS) is 10.1. The topological polar surface area (TPSA) is 26.0 Å². The molecule has 1 aromatic carbocycles. The van der Waals surface area contributed by atoms with E-state index in [1.807, 2.05) is 6.07 Å². The number of nitrogens with two attached hydrogens (primary N) is 1. The van der Waals surface area contributed by atoms with Gasteiger partial charge in [-0.1, -0.05) is 28.1 Å². The quantitative estimate of drug-likeness (QED) is 0.802. The minimum atomic E-state index is 0.720. The first-order valence-electron chi connectivity index (χ1n) is 3.69. The van der Waals surface area contributed by atoms with E-state index in [1.165, 1.54) is 15.6 Å². The highest BCUT2D eigenvalue weighted by atomic mass is 79.9. The summed E-state index contributed by atoms with van der Waals surface area (Å²) < 4.78 is 1.17. The third-order valence-corrected chi connectivity index (χ3v) is 2.65. The Morgan fingerprint density at radius 2 is 2.18 bits per heavy atom. The Hall–Kier alpha value is -0.340. The van der Waals surface area contributed by atoms with Crippen molar-refractivity contribution in [3.8, 4) is 0 Å². The van der Waals surface area contributed by atoms with Crippen LogP contribution in [0.25, 0.3) is 0 Å². The molecule has 0 fully saturated rings. The van der Waals surface area contributed by atoms with Crippen molar-refractivity contribution in [2.24, 2.45) is 5.73 Å². The maximum atomic E-state index is 5.46. The molecule has 0 saturated carbocycles. The van der Waals surface area contributed by atoms with Crippen molar-refractivity contribution in [3.63, 3.8) is 0 Å².